The number of nitrogens with zero attached hydrogens (tertiary/aromatic N) is 3. The van der Waals surface area contributed by atoms with E-state index in [1.165, 1.54) is 0 Å². The molecule has 0 fully saturated rings. The normalized spacial score (nSPS) is 13.7. The van der Waals surface area contributed by atoms with Crippen molar-refractivity contribution in [2.75, 3.05) is 5.32 Å². The Morgan fingerprint density at radius 2 is 1.93 bits per heavy atom. The van der Waals surface area contributed by atoms with Gasteiger partial charge in [0.05, 0.1) is 11.6 Å². The lowest BCUT2D eigenvalue weighted by Crippen LogP contribution is -2.42. The van der Waals surface area contributed by atoms with Gasteiger partial charge in [-0.05, 0) is 32.4 Å². The summed E-state index contributed by atoms with van der Waals surface area (Å²) in [6.07, 6.45) is -0.581. The minimum Gasteiger partial charge on any atom is -0.391 e. The third kappa shape index (κ3) is 3.15. The molecule has 0 saturated heterocycles. The van der Waals surface area contributed by atoms with Crippen LogP contribution in [0.1, 0.15) is 20.8 Å². The molecule has 5 nitrogen and oxygen atoms in total. The lowest BCUT2D eigenvalue weighted by molar-refractivity contribution is 0.133. The molecule has 1 rings (SSSR count). The molecule has 1 atom stereocenters. The highest BCUT2D eigenvalue weighted by Gasteiger charge is 2.25. The second-order valence-electron chi connectivity index (χ2n) is 3.74. The molecule has 1 aromatic heterocycles. The lowest BCUT2D eigenvalue weighted by Gasteiger charge is -2.29. The quantitative estimate of drug-likeness (QED) is 0.856. The van der Waals surface area contributed by atoms with Gasteiger partial charge in [-0.3, -0.25) is 0 Å². The molecule has 0 amide bonds. The van der Waals surface area contributed by atoms with Crippen LogP contribution in [0.25, 0.3) is 0 Å². The van der Waals surface area contributed by atoms with Crippen LogP contribution < -0.4 is 5.32 Å². The zero-order valence-electron chi connectivity index (χ0n) is 8.62. The van der Waals surface area contributed by atoms with Crippen LogP contribution in [-0.2, 0) is 0 Å². The van der Waals surface area contributed by atoms with Gasteiger partial charge in [0.1, 0.15) is 0 Å². The number of halogens is 2. The van der Waals surface area contributed by atoms with Crippen molar-refractivity contribution in [3.63, 3.8) is 0 Å². The van der Waals surface area contributed by atoms with Crippen LogP contribution in [0.3, 0.4) is 0 Å². The maximum Gasteiger partial charge on any atom is 0.245 e. The van der Waals surface area contributed by atoms with E-state index in [1.807, 2.05) is 13.8 Å². The van der Waals surface area contributed by atoms with Crippen molar-refractivity contribution < 1.29 is 5.11 Å². The van der Waals surface area contributed by atoms with Gasteiger partial charge < -0.3 is 10.4 Å². The summed E-state index contributed by atoms with van der Waals surface area (Å²) in [6.45, 7) is 5.28. The first kappa shape index (κ1) is 12.4. The highest BCUT2D eigenvalue weighted by Crippen LogP contribution is 2.22. The van der Waals surface area contributed by atoms with Crippen molar-refractivity contribution >= 4 is 29.0 Å². The van der Waals surface area contributed by atoms with Crippen LogP contribution in [0.15, 0.2) is 0 Å². The average molecular weight is 251 g/mol. The molecule has 15 heavy (non-hydrogen) atoms. The molecule has 7 heteroatoms. The molecule has 2 N–H and O–H groups in total. The number of aromatic nitrogens is 3. The SMILES string of the molecule is CC(O)C(C)(C)Nc1nc(Cl)nnc1Cl. The Labute approximate surface area is 97.8 Å². The van der Waals surface area contributed by atoms with E-state index in [9.17, 15) is 5.11 Å². The van der Waals surface area contributed by atoms with Gasteiger partial charge in [-0.1, -0.05) is 11.6 Å². The molecule has 0 aliphatic carbocycles. The van der Waals surface area contributed by atoms with E-state index >= 15 is 0 Å². The Kier molecular flexibility index (Phi) is 3.70. The highest BCUT2D eigenvalue weighted by molar-refractivity contribution is 6.32. The summed E-state index contributed by atoms with van der Waals surface area (Å²) in [5.74, 6) is 0.308. The van der Waals surface area contributed by atoms with Crippen molar-refractivity contribution in [1.29, 1.82) is 0 Å². The Morgan fingerprint density at radius 3 is 2.47 bits per heavy atom. The highest BCUT2D eigenvalue weighted by atomic mass is 35.5. The number of hydrogen-bond donors (Lipinski definition) is 2. The molecule has 0 spiro atoms. The standard InChI is InChI=1S/C8H12Cl2N4O/c1-4(15)8(2,3)12-6-5(9)13-14-7(10)11-6/h4,15H,1-3H3,(H,11,12,14). The molecule has 0 saturated carbocycles. The van der Waals surface area contributed by atoms with Gasteiger partial charge in [0.2, 0.25) is 5.28 Å². The average Bonchev–Trinajstić information content (AvgIpc) is 2.10. The predicted octanol–water partition coefficient (Wildman–Crippen LogP) is 1.75. The summed E-state index contributed by atoms with van der Waals surface area (Å²) in [5.41, 5.74) is -0.580. The minimum absolute atomic E-state index is 0.00305. The topological polar surface area (TPSA) is 70.9 Å². The molecular weight excluding hydrogens is 239 g/mol. The van der Waals surface area contributed by atoms with Gasteiger partial charge in [-0.25, -0.2) is 0 Å². The van der Waals surface area contributed by atoms with Crippen molar-refractivity contribution in [2.45, 2.75) is 32.4 Å². The Morgan fingerprint density at radius 1 is 1.33 bits per heavy atom. The summed E-state index contributed by atoms with van der Waals surface area (Å²) >= 11 is 11.3. The van der Waals surface area contributed by atoms with E-state index in [1.54, 1.807) is 6.92 Å². The Hall–Kier alpha value is -0.650. The zero-order valence-corrected chi connectivity index (χ0v) is 10.1. The molecule has 0 aromatic carbocycles. The molecule has 1 heterocycles. The Bertz CT molecular complexity index is 356. The number of aliphatic hydroxyl groups excluding tert-OH is 1. The van der Waals surface area contributed by atoms with Crippen molar-refractivity contribution in [3.05, 3.63) is 10.4 Å². The smallest absolute Gasteiger partial charge is 0.245 e. The van der Waals surface area contributed by atoms with Gasteiger partial charge in [0, 0.05) is 0 Å². The lowest BCUT2D eigenvalue weighted by atomic mass is 9.99. The summed E-state index contributed by atoms with van der Waals surface area (Å²) in [5, 5.41) is 19.7. The van der Waals surface area contributed by atoms with E-state index < -0.39 is 11.6 Å². The summed E-state index contributed by atoms with van der Waals surface area (Å²) in [6, 6.07) is 0. The third-order valence-electron chi connectivity index (χ3n) is 2.10. The molecule has 0 bridgehead atoms. The fourth-order valence-corrected chi connectivity index (χ4v) is 1.03. The largest absolute Gasteiger partial charge is 0.391 e. The zero-order chi connectivity index (χ0) is 11.6. The molecular formula is C8H12Cl2N4O. The van der Waals surface area contributed by atoms with Crippen LogP contribution in [0.4, 0.5) is 5.82 Å². The Balaban J connectivity index is 2.94. The van der Waals surface area contributed by atoms with E-state index in [0.29, 0.717) is 5.82 Å². The van der Waals surface area contributed by atoms with E-state index in [-0.39, 0.29) is 10.4 Å². The number of aliphatic hydroxyl groups is 1. The first-order valence-electron chi connectivity index (χ1n) is 4.35. The number of rotatable bonds is 3. The molecule has 0 aliphatic rings. The van der Waals surface area contributed by atoms with E-state index in [4.69, 9.17) is 23.2 Å². The van der Waals surface area contributed by atoms with Crippen LogP contribution >= 0.6 is 23.2 Å². The van der Waals surface area contributed by atoms with Crippen molar-refractivity contribution in [1.82, 2.24) is 15.2 Å². The second kappa shape index (κ2) is 4.47. The molecule has 1 aromatic rings. The number of hydrogen-bond acceptors (Lipinski definition) is 5. The second-order valence-corrected chi connectivity index (χ2v) is 4.44. The maximum absolute atomic E-state index is 9.50. The maximum atomic E-state index is 9.50. The van der Waals surface area contributed by atoms with E-state index in [2.05, 4.69) is 20.5 Å². The summed E-state index contributed by atoms with van der Waals surface area (Å²) in [7, 11) is 0. The third-order valence-corrected chi connectivity index (χ3v) is 2.52. The number of nitrogens with one attached hydrogen (secondary N) is 1. The molecule has 0 radical (unpaired) electrons. The van der Waals surface area contributed by atoms with Crippen LogP contribution in [-0.4, -0.2) is 31.9 Å². The van der Waals surface area contributed by atoms with Crippen molar-refractivity contribution in [3.8, 4) is 0 Å². The van der Waals surface area contributed by atoms with Gasteiger partial charge in [0.15, 0.2) is 11.0 Å². The van der Waals surface area contributed by atoms with Gasteiger partial charge in [0.25, 0.3) is 0 Å². The molecule has 84 valence electrons. The van der Waals surface area contributed by atoms with Gasteiger partial charge in [-0.15, -0.1) is 10.2 Å². The molecule has 1 unspecified atom stereocenters. The summed E-state index contributed by atoms with van der Waals surface area (Å²) in [4.78, 5) is 3.88. The summed E-state index contributed by atoms with van der Waals surface area (Å²) < 4.78 is 0. The predicted molar refractivity (Wildman–Crippen MR) is 59.2 cm³/mol. The monoisotopic (exact) mass is 250 g/mol. The van der Waals surface area contributed by atoms with Gasteiger partial charge >= 0.3 is 0 Å². The number of anilines is 1. The fourth-order valence-electron chi connectivity index (χ4n) is 0.782. The van der Waals surface area contributed by atoms with Crippen LogP contribution in [0.2, 0.25) is 10.4 Å². The van der Waals surface area contributed by atoms with Gasteiger partial charge in [-0.2, -0.15) is 4.98 Å². The molecule has 0 aliphatic heterocycles. The first-order chi connectivity index (χ1) is 6.83. The first-order valence-corrected chi connectivity index (χ1v) is 5.10. The van der Waals surface area contributed by atoms with Crippen LogP contribution in [0, 0.1) is 0 Å². The van der Waals surface area contributed by atoms with E-state index in [0.717, 1.165) is 0 Å². The van der Waals surface area contributed by atoms with Crippen LogP contribution in [0.5, 0.6) is 0 Å². The fraction of sp³-hybridized carbons (Fsp3) is 0.625. The minimum atomic E-state index is -0.581. The van der Waals surface area contributed by atoms with Crippen molar-refractivity contribution in [2.24, 2.45) is 0 Å².